The maximum absolute atomic E-state index is 13.8. The van der Waals surface area contributed by atoms with Crippen molar-refractivity contribution in [2.24, 2.45) is 0 Å². The number of aromatic nitrogens is 2. The minimum Gasteiger partial charge on any atom is -0.494 e. The summed E-state index contributed by atoms with van der Waals surface area (Å²) in [6, 6.07) is 12.2. The molecule has 1 atom stereocenters. The zero-order valence-corrected chi connectivity index (χ0v) is 20.4. The summed E-state index contributed by atoms with van der Waals surface area (Å²) in [6.45, 7) is 2.51. The molecule has 36 heavy (non-hydrogen) atoms. The molecule has 1 saturated carbocycles. The molecule has 0 aliphatic heterocycles. The molecule has 3 aromatic rings. The lowest BCUT2D eigenvalue weighted by molar-refractivity contribution is -0.127. The number of hydrogen-bond donors (Lipinski definition) is 1. The van der Waals surface area contributed by atoms with E-state index in [9.17, 15) is 14.0 Å². The number of carbonyl (C=O) groups is 2. The second kappa shape index (κ2) is 12.2. The average Bonchev–Trinajstić information content (AvgIpc) is 2.91. The number of ether oxygens (including phenoxy) is 1. The first-order valence-corrected chi connectivity index (χ1v) is 12.4. The van der Waals surface area contributed by atoms with Crippen LogP contribution in [0.4, 0.5) is 4.39 Å². The third-order valence-electron chi connectivity index (χ3n) is 6.33. The fourth-order valence-electron chi connectivity index (χ4n) is 4.54. The number of hydrogen-bond acceptors (Lipinski definition) is 5. The van der Waals surface area contributed by atoms with Crippen molar-refractivity contribution < 1.29 is 18.7 Å². The number of benzene rings is 2. The Morgan fingerprint density at radius 3 is 2.42 bits per heavy atom. The van der Waals surface area contributed by atoms with Crippen LogP contribution in [0.15, 0.2) is 67.1 Å². The highest BCUT2D eigenvalue weighted by Gasteiger charge is 2.34. The summed E-state index contributed by atoms with van der Waals surface area (Å²) in [7, 11) is 0. The highest BCUT2D eigenvalue weighted by molar-refractivity contribution is 5.96. The van der Waals surface area contributed by atoms with E-state index in [0.29, 0.717) is 23.5 Å². The Labute approximate surface area is 210 Å². The fraction of sp³-hybridized carbons (Fsp3) is 0.357. The van der Waals surface area contributed by atoms with Gasteiger partial charge in [0.25, 0.3) is 5.91 Å². The van der Waals surface area contributed by atoms with E-state index >= 15 is 0 Å². The highest BCUT2D eigenvalue weighted by atomic mass is 19.1. The van der Waals surface area contributed by atoms with Gasteiger partial charge in [-0.15, -0.1) is 0 Å². The summed E-state index contributed by atoms with van der Waals surface area (Å²) >= 11 is 0. The molecule has 2 amide bonds. The standard InChI is InChI=1S/C28H31FN4O3/c1-2-36-24-14-10-21(11-15-24)26(27(34)32-23-6-4-3-5-7-23)33(19-20-8-12-22(29)13-9-20)28(35)25-18-30-16-17-31-25/h8-18,23,26H,2-7,19H2,1H3,(H,32,34)/t26-/m1/s1. The lowest BCUT2D eigenvalue weighted by Crippen LogP contribution is -2.47. The van der Waals surface area contributed by atoms with Crippen LogP contribution in [-0.2, 0) is 11.3 Å². The number of rotatable bonds is 9. The smallest absolute Gasteiger partial charge is 0.275 e. The topological polar surface area (TPSA) is 84.4 Å². The van der Waals surface area contributed by atoms with Gasteiger partial charge < -0.3 is 15.0 Å². The van der Waals surface area contributed by atoms with Crippen molar-refractivity contribution >= 4 is 11.8 Å². The van der Waals surface area contributed by atoms with Gasteiger partial charge in [0.05, 0.1) is 12.8 Å². The van der Waals surface area contributed by atoms with Gasteiger partial charge in [-0.2, -0.15) is 0 Å². The van der Waals surface area contributed by atoms with Crippen LogP contribution in [0.25, 0.3) is 0 Å². The minimum absolute atomic E-state index is 0.0655. The zero-order chi connectivity index (χ0) is 25.3. The van der Waals surface area contributed by atoms with Gasteiger partial charge in [-0.1, -0.05) is 43.5 Å². The lowest BCUT2D eigenvalue weighted by Gasteiger charge is -2.33. The van der Waals surface area contributed by atoms with Crippen LogP contribution < -0.4 is 10.1 Å². The first kappa shape index (κ1) is 25.3. The predicted octanol–water partition coefficient (Wildman–Crippen LogP) is 4.85. The molecule has 2 aromatic carbocycles. The Bertz CT molecular complexity index is 1130. The van der Waals surface area contributed by atoms with E-state index < -0.39 is 11.9 Å². The number of amides is 2. The molecule has 1 N–H and O–H groups in total. The Hall–Kier alpha value is -3.81. The molecule has 1 aliphatic carbocycles. The van der Waals surface area contributed by atoms with Gasteiger partial charge in [0.15, 0.2) is 0 Å². The highest BCUT2D eigenvalue weighted by Crippen LogP contribution is 2.28. The molecule has 0 spiro atoms. The summed E-state index contributed by atoms with van der Waals surface area (Å²) in [6.07, 6.45) is 9.44. The molecule has 0 unspecified atom stereocenters. The third-order valence-corrected chi connectivity index (χ3v) is 6.33. The lowest BCUT2D eigenvalue weighted by atomic mass is 9.94. The van der Waals surface area contributed by atoms with E-state index in [1.807, 2.05) is 6.92 Å². The predicted molar refractivity (Wildman–Crippen MR) is 134 cm³/mol. The summed E-state index contributed by atoms with van der Waals surface area (Å²) in [5.74, 6) is -0.391. The molecule has 1 aromatic heterocycles. The van der Waals surface area contributed by atoms with Crippen LogP contribution >= 0.6 is 0 Å². The molecule has 4 rings (SSSR count). The molecular formula is C28H31FN4O3. The summed E-state index contributed by atoms with van der Waals surface area (Å²) in [5.41, 5.74) is 1.46. The van der Waals surface area contributed by atoms with Crippen molar-refractivity contribution in [3.63, 3.8) is 0 Å². The molecule has 0 saturated heterocycles. The quantitative estimate of drug-likeness (QED) is 0.464. The van der Waals surface area contributed by atoms with Crippen molar-refractivity contribution in [3.05, 3.63) is 89.8 Å². The molecule has 1 fully saturated rings. The second-order valence-corrected chi connectivity index (χ2v) is 8.90. The molecular weight excluding hydrogens is 459 g/mol. The van der Waals surface area contributed by atoms with Gasteiger partial charge in [0, 0.05) is 25.0 Å². The molecule has 0 radical (unpaired) electrons. The second-order valence-electron chi connectivity index (χ2n) is 8.90. The Morgan fingerprint density at radius 1 is 1.06 bits per heavy atom. The molecule has 1 heterocycles. The third kappa shape index (κ3) is 6.44. The van der Waals surface area contributed by atoms with Crippen LogP contribution in [0.3, 0.4) is 0 Å². The monoisotopic (exact) mass is 490 g/mol. The van der Waals surface area contributed by atoms with E-state index in [4.69, 9.17) is 4.74 Å². The van der Waals surface area contributed by atoms with E-state index in [-0.39, 0.29) is 30.0 Å². The van der Waals surface area contributed by atoms with Crippen LogP contribution in [0.5, 0.6) is 5.75 Å². The van der Waals surface area contributed by atoms with Gasteiger partial charge in [0.2, 0.25) is 5.91 Å². The molecule has 1 aliphatic rings. The SMILES string of the molecule is CCOc1ccc([C@H](C(=O)NC2CCCCC2)N(Cc2ccc(F)cc2)C(=O)c2cnccn2)cc1. The van der Waals surface area contributed by atoms with Crippen molar-refractivity contribution in [1.82, 2.24) is 20.2 Å². The first-order chi connectivity index (χ1) is 17.5. The van der Waals surface area contributed by atoms with E-state index in [1.165, 1.54) is 35.6 Å². The van der Waals surface area contributed by atoms with E-state index in [0.717, 1.165) is 32.1 Å². The Kier molecular flexibility index (Phi) is 8.60. The largest absolute Gasteiger partial charge is 0.494 e. The summed E-state index contributed by atoms with van der Waals surface area (Å²) in [4.78, 5) is 37.2. The van der Waals surface area contributed by atoms with Gasteiger partial charge in [-0.05, 0) is 55.2 Å². The average molecular weight is 491 g/mol. The summed E-state index contributed by atoms with van der Waals surface area (Å²) in [5, 5.41) is 3.18. The van der Waals surface area contributed by atoms with Crippen LogP contribution in [-0.4, -0.2) is 39.3 Å². The van der Waals surface area contributed by atoms with Gasteiger partial charge in [-0.3, -0.25) is 14.6 Å². The summed E-state index contributed by atoms with van der Waals surface area (Å²) < 4.78 is 19.2. The molecule has 7 nitrogen and oxygen atoms in total. The molecule has 188 valence electrons. The van der Waals surface area contributed by atoms with Crippen LogP contribution in [0.2, 0.25) is 0 Å². The van der Waals surface area contributed by atoms with Crippen molar-refractivity contribution in [2.45, 2.75) is 57.7 Å². The minimum atomic E-state index is -0.929. The molecule has 0 bridgehead atoms. The number of halogens is 1. The Morgan fingerprint density at radius 2 is 1.78 bits per heavy atom. The fourth-order valence-corrected chi connectivity index (χ4v) is 4.54. The first-order valence-electron chi connectivity index (χ1n) is 12.4. The van der Waals surface area contributed by atoms with Gasteiger partial charge in [-0.25, -0.2) is 9.37 Å². The van der Waals surface area contributed by atoms with Crippen molar-refractivity contribution in [1.29, 1.82) is 0 Å². The van der Waals surface area contributed by atoms with Crippen LogP contribution in [0.1, 0.15) is 66.7 Å². The normalized spacial score (nSPS) is 14.6. The Balaban J connectivity index is 1.73. The van der Waals surface area contributed by atoms with E-state index in [1.54, 1.807) is 36.4 Å². The number of carbonyl (C=O) groups excluding carboxylic acids is 2. The zero-order valence-electron chi connectivity index (χ0n) is 20.4. The van der Waals surface area contributed by atoms with Crippen LogP contribution in [0, 0.1) is 5.82 Å². The number of nitrogens with zero attached hydrogens (tertiary/aromatic N) is 3. The van der Waals surface area contributed by atoms with Gasteiger partial charge in [0.1, 0.15) is 23.3 Å². The molecule has 8 heteroatoms. The van der Waals surface area contributed by atoms with E-state index in [2.05, 4.69) is 15.3 Å². The maximum Gasteiger partial charge on any atom is 0.275 e. The van der Waals surface area contributed by atoms with Gasteiger partial charge >= 0.3 is 0 Å². The van der Waals surface area contributed by atoms with Crippen molar-refractivity contribution in [2.75, 3.05) is 6.61 Å². The number of nitrogens with one attached hydrogen (secondary N) is 1. The maximum atomic E-state index is 13.8. The van der Waals surface area contributed by atoms with Crippen molar-refractivity contribution in [3.8, 4) is 5.75 Å².